The number of aromatic nitrogens is 3. The highest BCUT2D eigenvalue weighted by atomic mass is 16.1. The van der Waals surface area contributed by atoms with Crippen LogP contribution in [-0.4, -0.2) is 32.6 Å². The fourth-order valence-corrected chi connectivity index (χ4v) is 3.45. The lowest BCUT2D eigenvalue weighted by Gasteiger charge is -2.17. The number of hydrogen-bond donors (Lipinski definition) is 2. The fourth-order valence-electron chi connectivity index (χ4n) is 3.45. The van der Waals surface area contributed by atoms with Crippen LogP contribution >= 0.6 is 0 Å². The molecule has 2 aromatic heterocycles. The van der Waals surface area contributed by atoms with Crippen molar-refractivity contribution in [2.75, 3.05) is 5.32 Å². The molecule has 0 unspecified atom stereocenters. The van der Waals surface area contributed by atoms with Gasteiger partial charge in [0.05, 0.1) is 11.9 Å². The second-order valence-corrected chi connectivity index (χ2v) is 6.35. The minimum absolute atomic E-state index is 0.0435. The molecule has 1 amide bonds. The summed E-state index contributed by atoms with van der Waals surface area (Å²) >= 11 is 0. The Balaban J connectivity index is 1.84. The van der Waals surface area contributed by atoms with Gasteiger partial charge in [0, 0.05) is 31.1 Å². The third kappa shape index (κ3) is 3.42. The second-order valence-electron chi connectivity index (χ2n) is 6.35. The van der Waals surface area contributed by atoms with Crippen LogP contribution in [0, 0.1) is 0 Å². The largest absolute Gasteiger partial charge is 0.367 e. The average molecular weight is 327 g/mol. The van der Waals surface area contributed by atoms with Gasteiger partial charge in [-0.15, -0.1) is 0 Å². The predicted molar refractivity (Wildman–Crippen MR) is 95.8 cm³/mol. The Bertz CT molecular complexity index is 764. The van der Waals surface area contributed by atoms with E-state index in [1.807, 2.05) is 17.5 Å². The zero-order valence-electron chi connectivity index (χ0n) is 14.5. The van der Waals surface area contributed by atoms with Gasteiger partial charge in [0.25, 0.3) is 0 Å². The van der Waals surface area contributed by atoms with E-state index in [9.17, 15) is 4.79 Å². The molecular weight excluding hydrogens is 302 g/mol. The van der Waals surface area contributed by atoms with E-state index in [-0.39, 0.29) is 11.9 Å². The van der Waals surface area contributed by atoms with Gasteiger partial charge in [0.2, 0.25) is 5.91 Å². The van der Waals surface area contributed by atoms with Crippen molar-refractivity contribution in [1.82, 2.24) is 19.9 Å². The first-order valence-electron chi connectivity index (χ1n) is 8.64. The number of carbonyl (C=O) groups is 1. The molecule has 1 fully saturated rings. The van der Waals surface area contributed by atoms with Crippen LogP contribution in [0.3, 0.4) is 0 Å². The highest BCUT2D eigenvalue weighted by Crippen LogP contribution is 2.26. The van der Waals surface area contributed by atoms with Crippen molar-refractivity contribution >= 4 is 22.9 Å². The van der Waals surface area contributed by atoms with Crippen molar-refractivity contribution in [3.05, 3.63) is 30.1 Å². The molecule has 3 rings (SSSR count). The van der Waals surface area contributed by atoms with Crippen molar-refractivity contribution in [3.63, 3.8) is 0 Å². The van der Waals surface area contributed by atoms with Crippen molar-refractivity contribution in [1.29, 1.82) is 0 Å². The maximum absolute atomic E-state index is 11.2. The number of amides is 1. The highest BCUT2D eigenvalue weighted by Gasteiger charge is 2.25. The number of rotatable bonds is 5. The number of allylic oxidation sites excluding steroid dienone is 2. The number of nitrogens with one attached hydrogen (secondary N) is 2. The standard InChI is InChI=1S/C18H25N5O/c1-4-13(5-2)16-11-18(23-17(22-16)8-9-19-23)21-15-7-6-14(10-15)20-12(3)24/h4,8-9,11,14-15,21H,5-7,10H2,1-3H3,(H,20,24)/b13-4+/t14-,15-/m0/s1. The zero-order valence-corrected chi connectivity index (χ0v) is 14.5. The normalized spacial score (nSPS) is 21.2. The molecule has 24 heavy (non-hydrogen) atoms. The Kier molecular flexibility index (Phi) is 4.83. The molecule has 1 aliphatic carbocycles. The molecule has 0 aromatic carbocycles. The molecule has 128 valence electrons. The van der Waals surface area contributed by atoms with E-state index in [1.165, 1.54) is 5.57 Å². The first-order chi connectivity index (χ1) is 11.6. The Morgan fingerprint density at radius 1 is 1.42 bits per heavy atom. The molecular formula is C18H25N5O. The van der Waals surface area contributed by atoms with Crippen LogP contribution in [0.2, 0.25) is 0 Å². The maximum atomic E-state index is 11.2. The van der Waals surface area contributed by atoms with E-state index >= 15 is 0 Å². The molecule has 0 aliphatic heterocycles. The second kappa shape index (κ2) is 7.03. The van der Waals surface area contributed by atoms with E-state index in [2.05, 4.69) is 34.8 Å². The molecule has 0 saturated heterocycles. The third-order valence-corrected chi connectivity index (χ3v) is 4.61. The summed E-state index contributed by atoms with van der Waals surface area (Å²) in [7, 11) is 0. The Morgan fingerprint density at radius 3 is 2.92 bits per heavy atom. The summed E-state index contributed by atoms with van der Waals surface area (Å²) in [5.41, 5.74) is 3.07. The van der Waals surface area contributed by atoms with Crippen molar-refractivity contribution in [2.45, 2.75) is 58.5 Å². The zero-order chi connectivity index (χ0) is 17.1. The van der Waals surface area contributed by atoms with Crippen molar-refractivity contribution < 1.29 is 4.79 Å². The van der Waals surface area contributed by atoms with Crippen LogP contribution in [0.1, 0.15) is 52.1 Å². The average Bonchev–Trinajstić information content (AvgIpc) is 3.17. The van der Waals surface area contributed by atoms with Gasteiger partial charge in [-0.2, -0.15) is 9.61 Å². The molecule has 6 nitrogen and oxygen atoms in total. The first-order valence-corrected chi connectivity index (χ1v) is 8.64. The molecule has 0 spiro atoms. The van der Waals surface area contributed by atoms with Crippen molar-refractivity contribution in [2.24, 2.45) is 0 Å². The molecule has 2 heterocycles. The number of hydrogen-bond acceptors (Lipinski definition) is 4. The summed E-state index contributed by atoms with van der Waals surface area (Å²) in [6.45, 7) is 5.76. The quantitative estimate of drug-likeness (QED) is 0.885. The summed E-state index contributed by atoms with van der Waals surface area (Å²) in [6, 6.07) is 4.59. The Hall–Kier alpha value is -2.37. The van der Waals surface area contributed by atoms with Crippen LogP contribution in [0.5, 0.6) is 0 Å². The summed E-state index contributed by atoms with van der Waals surface area (Å²) < 4.78 is 1.85. The van der Waals surface area contributed by atoms with Crippen LogP contribution in [0.4, 0.5) is 5.82 Å². The Morgan fingerprint density at radius 2 is 2.21 bits per heavy atom. The lowest BCUT2D eigenvalue weighted by Crippen LogP contribution is -2.32. The van der Waals surface area contributed by atoms with Gasteiger partial charge in [0.1, 0.15) is 5.82 Å². The lowest BCUT2D eigenvalue weighted by atomic mass is 10.1. The molecule has 2 atom stereocenters. The van der Waals surface area contributed by atoms with Gasteiger partial charge in [-0.05, 0) is 38.2 Å². The van der Waals surface area contributed by atoms with E-state index in [0.29, 0.717) is 6.04 Å². The molecule has 0 radical (unpaired) electrons. The molecule has 0 bridgehead atoms. The van der Waals surface area contributed by atoms with Gasteiger partial charge in [-0.1, -0.05) is 13.0 Å². The summed E-state index contributed by atoms with van der Waals surface area (Å²) in [6.07, 6.45) is 7.81. The predicted octanol–water partition coefficient (Wildman–Crippen LogP) is 3.01. The van der Waals surface area contributed by atoms with E-state index in [0.717, 1.165) is 42.8 Å². The van der Waals surface area contributed by atoms with Gasteiger partial charge < -0.3 is 10.6 Å². The topological polar surface area (TPSA) is 71.3 Å². The lowest BCUT2D eigenvalue weighted by molar-refractivity contribution is -0.119. The summed E-state index contributed by atoms with van der Waals surface area (Å²) in [4.78, 5) is 15.9. The number of fused-ring (bicyclic) bond motifs is 1. The molecule has 2 aromatic rings. The van der Waals surface area contributed by atoms with Gasteiger partial charge in [-0.25, -0.2) is 4.98 Å². The van der Waals surface area contributed by atoms with Gasteiger partial charge in [-0.3, -0.25) is 4.79 Å². The van der Waals surface area contributed by atoms with E-state index in [4.69, 9.17) is 4.98 Å². The van der Waals surface area contributed by atoms with Crippen molar-refractivity contribution in [3.8, 4) is 0 Å². The molecule has 6 heteroatoms. The smallest absolute Gasteiger partial charge is 0.217 e. The highest BCUT2D eigenvalue weighted by molar-refractivity contribution is 5.73. The number of nitrogens with zero attached hydrogens (tertiary/aromatic N) is 3. The van der Waals surface area contributed by atoms with Crippen LogP contribution in [0.25, 0.3) is 11.2 Å². The minimum atomic E-state index is 0.0435. The minimum Gasteiger partial charge on any atom is -0.367 e. The van der Waals surface area contributed by atoms with Gasteiger partial charge in [0.15, 0.2) is 5.65 Å². The number of carbonyl (C=O) groups excluding carboxylic acids is 1. The maximum Gasteiger partial charge on any atom is 0.217 e. The molecule has 1 saturated carbocycles. The summed E-state index contributed by atoms with van der Waals surface area (Å²) in [5.74, 6) is 1.00. The van der Waals surface area contributed by atoms with Crippen LogP contribution < -0.4 is 10.6 Å². The molecule has 1 aliphatic rings. The van der Waals surface area contributed by atoms with E-state index in [1.54, 1.807) is 13.1 Å². The number of anilines is 1. The van der Waals surface area contributed by atoms with Gasteiger partial charge >= 0.3 is 0 Å². The molecule has 2 N–H and O–H groups in total. The third-order valence-electron chi connectivity index (χ3n) is 4.61. The Labute approximate surface area is 142 Å². The van der Waals surface area contributed by atoms with E-state index < -0.39 is 0 Å². The summed E-state index contributed by atoms with van der Waals surface area (Å²) in [5, 5.41) is 11.0. The SMILES string of the molecule is C/C=C(\CC)c1cc(N[C@H]2CC[C@H](NC(C)=O)C2)n2nccc2n1. The van der Waals surface area contributed by atoms with Crippen LogP contribution in [-0.2, 0) is 4.79 Å². The van der Waals surface area contributed by atoms with Crippen LogP contribution in [0.15, 0.2) is 24.4 Å². The first kappa shape index (κ1) is 16.5. The monoisotopic (exact) mass is 327 g/mol. The fraction of sp³-hybridized carbons (Fsp3) is 0.500.